The normalized spacial score (nSPS) is 19.2. The summed E-state index contributed by atoms with van der Waals surface area (Å²) >= 11 is 5.90. The lowest BCUT2D eigenvalue weighted by Gasteiger charge is -2.51. The highest BCUT2D eigenvalue weighted by Gasteiger charge is 2.47. The van der Waals surface area contributed by atoms with E-state index in [2.05, 4.69) is 30.7 Å². The number of nitrogens with zero attached hydrogens (tertiary/aromatic N) is 4. The summed E-state index contributed by atoms with van der Waals surface area (Å²) in [5.41, 5.74) is -1.000. The lowest BCUT2D eigenvalue weighted by atomic mass is 9.76. The molecule has 0 bridgehead atoms. The number of carbonyl (C=O) groups excluding carboxylic acids is 2. The van der Waals surface area contributed by atoms with E-state index >= 15 is 0 Å². The van der Waals surface area contributed by atoms with Gasteiger partial charge in [0.25, 0.3) is 0 Å². The number of ether oxygens (including phenoxy) is 1. The predicted molar refractivity (Wildman–Crippen MR) is 114 cm³/mol. The molecule has 1 aliphatic rings. The number of amides is 1. The van der Waals surface area contributed by atoms with E-state index in [4.69, 9.17) is 16.3 Å². The summed E-state index contributed by atoms with van der Waals surface area (Å²) in [7, 11) is 0. The van der Waals surface area contributed by atoms with Crippen LogP contribution in [0.1, 0.15) is 48.0 Å². The van der Waals surface area contributed by atoms with Crippen LogP contribution in [0.4, 0.5) is 11.5 Å². The number of hydrogen-bond acceptors (Lipinski definition) is 7. The first-order chi connectivity index (χ1) is 13.8. The number of hydrogen-bond donors (Lipinski definition) is 0. The van der Waals surface area contributed by atoms with E-state index in [1.54, 1.807) is 6.92 Å². The summed E-state index contributed by atoms with van der Waals surface area (Å²) in [4.78, 5) is 44.0. The van der Waals surface area contributed by atoms with E-state index in [1.807, 2.05) is 13.8 Å². The summed E-state index contributed by atoms with van der Waals surface area (Å²) in [5.74, 6) is -2.25. The number of piperidine rings is 1. The van der Waals surface area contributed by atoms with Crippen LogP contribution in [-0.2, 0) is 14.3 Å². The summed E-state index contributed by atoms with van der Waals surface area (Å²) < 4.78 is 4.90. The lowest BCUT2D eigenvalue weighted by molar-refractivity contribution is -0.384. The second kappa shape index (κ2) is 8.85. The van der Waals surface area contributed by atoms with Gasteiger partial charge in [-0.05, 0) is 39.5 Å². The Morgan fingerprint density at radius 1 is 1.43 bits per heavy atom. The molecule has 0 radical (unpaired) electrons. The van der Waals surface area contributed by atoms with Crippen LogP contribution in [0, 0.1) is 15.5 Å². The number of nitro groups is 1. The molecule has 0 aromatic carbocycles. The summed E-state index contributed by atoms with van der Waals surface area (Å²) in [6.07, 6.45) is 1.74. The lowest BCUT2D eigenvalue weighted by Crippen LogP contribution is -2.61. The molecule has 1 atom stereocenters. The van der Waals surface area contributed by atoms with Crippen LogP contribution in [0.3, 0.4) is 0 Å². The van der Waals surface area contributed by atoms with Gasteiger partial charge in [-0.3, -0.25) is 24.7 Å². The zero-order valence-corrected chi connectivity index (χ0v) is 19.0. The molecular weight excluding hydrogens is 412 g/mol. The SMILES string of the molecule is CCOC(=O)C(=O)N(c1ncc(Cl)cc1[N+](=O)[O-])C1CCN(C(C)(C)C)CC1(C)C. The van der Waals surface area contributed by atoms with Gasteiger partial charge in [-0.25, -0.2) is 9.78 Å². The van der Waals surface area contributed by atoms with Crippen LogP contribution in [-0.4, -0.2) is 58.0 Å². The minimum atomic E-state index is -1.07. The molecule has 0 aliphatic carbocycles. The number of anilines is 1. The number of likely N-dealkylation sites (tertiary alicyclic amines) is 1. The van der Waals surface area contributed by atoms with Gasteiger partial charge in [0, 0.05) is 36.9 Å². The maximum absolute atomic E-state index is 13.1. The summed E-state index contributed by atoms with van der Waals surface area (Å²) in [6.45, 7) is 13.2. The minimum absolute atomic E-state index is 0.0143. The summed E-state index contributed by atoms with van der Waals surface area (Å²) in [6, 6.07) is 0.632. The number of pyridine rings is 1. The van der Waals surface area contributed by atoms with Gasteiger partial charge in [-0.2, -0.15) is 0 Å². The molecule has 1 aromatic heterocycles. The van der Waals surface area contributed by atoms with Crippen molar-refractivity contribution in [2.75, 3.05) is 24.6 Å². The molecule has 1 amide bonds. The number of carbonyl (C=O) groups is 2. The quantitative estimate of drug-likeness (QED) is 0.305. The third-order valence-electron chi connectivity index (χ3n) is 5.34. The first kappa shape index (κ1) is 24.0. The van der Waals surface area contributed by atoms with E-state index in [9.17, 15) is 19.7 Å². The topological polar surface area (TPSA) is 106 Å². The van der Waals surface area contributed by atoms with Crippen molar-refractivity contribution in [3.63, 3.8) is 0 Å². The molecular formula is C20H29ClN4O5. The average Bonchev–Trinajstić information content (AvgIpc) is 2.62. The van der Waals surface area contributed by atoms with Crippen molar-refractivity contribution >= 4 is 35.0 Å². The van der Waals surface area contributed by atoms with Crippen LogP contribution in [0.25, 0.3) is 0 Å². The van der Waals surface area contributed by atoms with Crippen molar-refractivity contribution in [1.82, 2.24) is 9.88 Å². The fraction of sp³-hybridized carbons (Fsp3) is 0.650. The Morgan fingerprint density at radius 3 is 2.57 bits per heavy atom. The Kier molecular flexibility index (Phi) is 7.08. The maximum atomic E-state index is 13.1. The molecule has 1 unspecified atom stereocenters. The van der Waals surface area contributed by atoms with Crippen LogP contribution < -0.4 is 4.90 Å². The van der Waals surface area contributed by atoms with Crippen molar-refractivity contribution < 1.29 is 19.2 Å². The van der Waals surface area contributed by atoms with Crippen molar-refractivity contribution in [3.8, 4) is 0 Å². The summed E-state index contributed by atoms with van der Waals surface area (Å²) in [5, 5.41) is 11.7. The second-order valence-electron chi connectivity index (χ2n) is 9.03. The predicted octanol–water partition coefficient (Wildman–Crippen LogP) is 3.44. The maximum Gasteiger partial charge on any atom is 0.397 e. The van der Waals surface area contributed by atoms with E-state index < -0.39 is 33.9 Å². The molecule has 2 rings (SSSR count). The zero-order valence-electron chi connectivity index (χ0n) is 18.3. The molecule has 1 aromatic rings. The minimum Gasteiger partial charge on any atom is -0.459 e. The Bertz CT molecular complexity index is 837. The van der Waals surface area contributed by atoms with Gasteiger partial charge in [0.1, 0.15) is 0 Å². The first-order valence-corrected chi connectivity index (χ1v) is 10.2. The van der Waals surface area contributed by atoms with Crippen LogP contribution in [0.15, 0.2) is 12.3 Å². The Morgan fingerprint density at radius 2 is 2.07 bits per heavy atom. The smallest absolute Gasteiger partial charge is 0.397 e. The molecule has 9 nitrogen and oxygen atoms in total. The van der Waals surface area contributed by atoms with E-state index in [0.717, 1.165) is 11.0 Å². The van der Waals surface area contributed by atoms with Gasteiger partial charge in [0.2, 0.25) is 5.82 Å². The Labute approximate surface area is 181 Å². The fourth-order valence-electron chi connectivity index (χ4n) is 3.81. The molecule has 1 saturated heterocycles. The Hall–Kier alpha value is -2.26. The van der Waals surface area contributed by atoms with Crippen LogP contribution in [0.2, 0.25) is 5.02 Å². The molecule has 166 valence electrons. The molecule has 10 heteroatoms. The van der Waals surface area contributed by atoms with E-state index in [0.29, 0.717) is 19.5 Å². The Balaban J connectivity index is 2.57. The average molecular weight is 441 g/mol. The van der Waals surface area contributed by atoms with Gasteiger partial charge in [0.05, 0.1) is 16.6 Å². The number of esters is 1. The van der Waals surface area contributed by atoms with Crippen molar-refractivity contribution in [2.24, 2.45) is 5.41 Å². The highest BCUT2D eigenvalue weighted by molar-refractivity contribution is 6.38. The van der Waals surface area contributed by atoms with Gasteiger partial charge < -0.3 is 4.74 Å². The van der Waals surface area contributed by atoms with Crippen molar-refractivity contribution in [1.29, 1.82) is 0 Å². The molecule has 0 saturated carbocycles. The molecule has 0 spiro atoms. The fourth-order valence-corrected chi connectivity index (χ4v) is 3.97. The standard InChI is InChI=1S/C20H29ClN4O5/c1-7-30-18(27)17(26)24(16-14(25(28)29)10-13(21)11-22-16)15-8-9-23(19(2,3)4)12-20(15,5)6/h10-11,15H,7-9,12H2,1-6H3. The van der Waals surface area contributed by atoms with Gasteiger partial charge in [0.15, 0.2) is 0 Å². The highest BCUT2D eigenvalue weighted by atomic mass is 35.5. The van der Waals surface area contributed by atoms with Gasteiger partial charge in [-0.15, -0.1) is 0 Å². The monoisotopic (exact) mass is 440 g/mol. The van der Waals surface area contributed by atoms with Crippen molar-refractivity contribution in [3.05, 3.63) is 27.4 Å². The van der Waals surface area contributed by atoms with Gasteiger partial charge >= 0.3 is 17.6 Å². The van der Waals surface area contributed by atoms with Crippen molar-refractivity contribution in [2.45, 2.75) is 59.5 Å². The number of aromatic nitrogens is 1. The number of halogens is 1. The third-order valence-corrected chi connectivity index (χ3v) is 5.55. The van der Waals surface area contributed by atoms with E-state index in [1.165, 1.54) is 6.20 Å². The first-order valence-electron chi connectivity index (χ1n) is 9.85. The largest absolute Gasteiger partial charge is 0.459 e. The van der Waals surface area contributed by atoms with E-state index in [-0.39, 0.29) is 23.0 Å². The second-order valence-corrected chi connectivity index (χ2v) is 9.47. The molecule has 2 heterocycles. The third kappa shape index (κ3) is 5.07. The molecule has 0 N–H and O–H groups in total. The molecule has 1 fully saturated rings. The zero-order chi connectivity index (χ0) is 22.9. The van der Waals surface area contributed by atoms with Crippen LogP contribution >= 0.6 is 11.6 Å². The van der Waals surface area contributed by atoms with Gasteiger partial charge in [-0.1, -0.05) is 25.4 Å². The number of rotatable bonds is 4. The molecule has 1 aliphatic heterocycles. The highest BCUT2D eigenvalue weighted by Crippen LogP contribution is 2.40. The van der Waals surface area contributed by atoms with Crippen LogP contribution in [0.5, 0.6) is 0 Å². The molecule has 30 heavy (non-hydrogen) atoms.